The molecule has 0 nitrogen and oxygen atoms in total. The Morgan fingerprint density at radius 1 is 1.38 bits per heavy atom. The van der Waals surface area contributed by atoms with Crippen LogP contribution in [0.2, 0.25) is 0 Å². The summed E-state index contributed by atoms with van der Waals surface area (Å²) < 4.78 is 0. The van der Waals surface area contributed by atoms with Crippen molar-refractivity contribution in [2.45, 2.75) is 32.6 Å². The van der Waals surface area contributed by atoms with Gasteiger partial charge in [-0.2, -0.15) is 0 Å². The van der Waals surface area contributed by atoms with Gasteiger partial charge in [-0.1, -0.05) is 38.1 Å². The molecule has 0 fully saturated rings. The Balaban J connectivity index is 2.75. The van der Waals surface area contributed by atoms with E-state index in [2.05, 4.69) is 44.0 Å². The van der Waals surface area contributed by atoms with Crippen LogP contribution >= 0.6 is 0 Å². The maximum absolute atomic E-state index is 5.22. The molecule has 0 saturated carbocycles. The van der Waals surface area contributed by atoms with E-state index in [0.29, 0.717) is 5.92 Å². The fourth-order valence-corrected chi connectivity index (χ4v) is 1.32. The van der Waals surface area contributed by atoms with Crippen LogP contribution < -0.4 is 0 Å². The molecule has 0 aliphatic carbocycles. The Morgan fingerprint density at radius 3 is 2.77 bits per heavy atom. The highest BCUT2D eigenvalue weighted by molar-refractivity contribution is 5.26. The van der Waals surface area contributed by atoms with Crippen LogP contribution in [-0.2, 0) is 6.42 Å². The second kappa shape index (κ2) is 4.72. The summed E-state index contributed by atoms with van der Waals surface area (Å²) in [5, 5.41) is 0. The summed E-state index contributed by atoms with van der Waals surface area (Å²) in [7, 11) is 0. The Labute approximate surface area is 81.0 Å². The molecule has 0 N–H and O–H groups in total. The van der Waals surface area contributed by atoms with Crippen molar-refractivity contribution in [2.24, 2.45) is 0 Å². The number of aryl methyl sites for hydroxylation is 1. The Kier molecular flexibility index (Phi) is 3.58. The third kappa shape index (κ3) is 2.95. The van der Waals surface area contributed by atoms with E-state index >= 15 is 0 Å². The van der Waals surface area contributed by atoms with Gasteiger partial charge in [0.1, 0.15) is 0 Å². The average molecular weight is 172 g/mol. The van der Waals surface area contributed by atoms with E-state index in [0.717, 1.165) is 12.8 Å². The molecule has 0 unspecified atom stereocenters. The quantitative estimate of drug-likeness (QED) is 0.613. The van der Waals surface area contributed by atoms with Crippen LogP contribution in [0.15, 0.2) is 24.3 Å². The van der Waals surface area contributed by atoms with E-state index in [1.807, 2.05) is 0 Å². The van der Waals surface area contributed by atoms with Gasteiger partial charge in [0.05, 0.1) is 0 Å². The highest BCUT2D eigenvalue weighted by Gasteiger charge is 1.99. The smallest absolute Gasteiger partial charge is 0.0127 e. The summed E-state index contributed by atoms with van der Waals surface area (Å²) in [5.41, 5.74) is 2.75. The van der Waals surface area contributed by atoms with Crippen LogP contribution in [0.3, 0.4) is 0 Å². The maximum atomic E-state index is 5.22. The molecule has 0 aliphatic heterocycles. The minimum atomic E-state index is 0.603. The van der Waals surface area contributed by atoms with Gasteiger partial charge < -0.3 is 0 Å². The number of rotatable bonds is 3. The van der Waals surface area contributed by atoms with Crippen molar-refractivity contribution in [3.63, 3.8) is 0 Å². The Morgan fingerprint density at radius 2 is 2.15 bits per heavy atom. The molecule has 1 aromatic rings. The Hall–Kier alpha value is -1.22. The molecule has 0 aliphatic rings. The lowest BCUT2D eigenvalue weighted by Crippen LogP contribution is -1.90. The predicted octanol–water partition coefficient (Wildman–Crippen LogP) is 3.38. The van der Waals surface area contributed by atoms with Crippen LogP contribution in [0.25, 0.3) is 0 Å². The molecule has 0 heteroatoms. The van der Waals surface area contributed by atoms with Gasteiger partial charge >= 0.3 is 0 Å². The molecule has 0 spiro atoms. The van der Waals surface area contributed by atoms with Gasteiger partial charge in [-0.25, -0.2) is 0 Å². The largest absolute Gasteiger partial charge is 0.120 e. The molecule has 13 heavy (non-hydrogen) atoms. The van der Waals surface area contributed by atoms with E-state index < -0.39 is 0 Å². The zero-order valence-corrected chi connectivity index (χ0v) is 8.38. The molecule has 1 rings (SSSR count). The summed E-state index contributed by atoms with van der Waals surface area (Å²) in [6.07, 6.45) is 7.06. The van der Waals surface area contributed by atoms with Crippen molar-refractivity contribution in [3.8, 4) is 12.3 Å². The number of terminal acetylenes is 1. The van der Waals surface area contributed by atoms with Gasteiger partial charge in [0.2, 0.25) is 0 Å². The van der Waals surface area contributed by atoms with Crippen molar-refractivity contribution in [2.75, 3.05) is 0 Å². The number of hydrogen-bond acceptors (Lipinski definition) is 0. The fraction of sp³-hybridized carbons (Fsp3) is 0.385. The van der Waals surface area contributed by atoms with E-state index in [9.17, 15) is 0 Å². The van der Waals surface area contributed by atoms with Crippen molar-refractivity contribution in [1.82, 2.24) is 0 Å². The summed E-state index contributed by atoms with van der Waals surface area (Å²) in [6.45, 7) is 4.42. The minimum Gasteiger partial charge on any atom is -0.120 e. The number of benzene rings is 1. The van der Waals surface area contributed by atoms with Crippen LogP contribution in [0.1, 0.15) is 37.3 Å². The highest BCUT2D eigenvalue weighted by atomic mass is 14.0. The van der Waals surface area contributed by atoms with Crippen LogP contribution in [0, 0.1) is 12.3 Å². The van der Waals surface area contributed by atoms with Crippen LogP contribution in [0.5, 0.6) is 0 Å². The summed E-state index contributed by atoms with van der Waals surface area (Å²) in [6, 6.07) is 8.68. The summed E-state index contributed by atoms with van der Waals surface area (Å²) >= 11 is 0. The molecule has 0 atom stereocenters. The second-order valence-corrected chi connectivity index (χ2v) is 3.60. The fourth-order valence-electron chi connectivity index (χ4n) is 1.32. The highest BCUT2D eigenvalue weighted by Crippen LogP contribution is 2.16. The molecule has 0 heterocycles. The zero-order valence-electron chi connectivity index (χ0n) is 8.38. The predicted molar refractivity (Wildman–Crippen MR) is 57.7 cm³/mol. The average Bonchev–Trinajstić information content (AvgIpc) is 2.15. The van der Waals surface area contributed by atoms with Crippen molar-refractivity contribution in [3.05, 3.63) is 35.4 Å². The van der Waals surface area contributed by atoms with Gasteiger partial charge in [0.15, 0.2) is 0 Å². The van der Waals surface area contributed by atoms with Gasteiger partial charge in [-0.05, 0) is 23.5 Å². The van der Waals surface area contributed by atoms with Crippen molar-refractivity contribution < 1.29 is 0 Å². The first-order chi connectivity index (χ1) is 6.24. The first kappa shape index (κ1) is 9.86. The maximum Gasteiger partial charge on any atom is 0.0127 e. The standard InChI is InChI=1S/C13H16/c1-4-5-7-12-8-6-9-13(10-12)11(2)3/h1,6,8-11H,5,7H2,2-3H3. The lowest BCUT2D eigenvalue weighted by atomic mass is 9.99. The van der Waals surface area contributed by atoms with E-state index in [1.54, 1.807) is 0 Å². The van der Waals surface area contributed by atoms with Gasteiger partial charge in [0, 0.05) is 6.42 Å². The normalized spacial score (nSPS) is 10.0. The first-order valence-corrected chi connectivity index (χ1v) is 4.76. The van der Waals surface area contributed by atoms with Crippen LogP contribution in [0.4, 0.5) is 0 Å². The molecule has 68 valence electrons. The lowest BCUT2D eigenvalue weighted by molar-refractivity contribution is 0.860. The SMILES string of the molecule is C#CCCc1cccc(C(C)C)c1. The van der Waals surface area contributed by atoms with Gasteiger partial charge in [-0.15, -0.1) is 12.3 Å². The van der Waals surface area contributed by atoms with Crippen LogP contribution in [-0.4, -0.2) is 0 Å². The van der Waals surface area contributed by atoms with Gasteiger partial charge in [-0.3, -0.25) is 0 Å². The van der Waals surface area contributed by atoms with E-state index in [-0.39, 0.29) is 0 Å². The van der Waals surface area contributed by atoms with Crippen molar-refractivity contribution >= 4 is 0 Å². The van der Waals surface area contributed by atoms with Crippen molar-refractivity contribution in [1.29, 1.82) is 0 Å². The molecule has 0 amide bonds. The summed E-state index contributed by atoms with van der Waals surface area (Å²) in [4.78, 5) is 0. The molecule has 0 radical (unpaired) electrons. The molecule has 1 aromatic carbocycles. The van der Waals surface area contributed by atoms with E-state index in [4.69, 9.17) is 6.42 Å². The lowest BCUT2D eigenvalue weighted by Gasteiger charge is -2.06. The minimum absolute atomic E-state index is 0.603. The molecular formula is C13H16. The topological polar surface area (TPSA) is 0 Å². The van der Waals surface area contributed by atoms with Gasteiger partial charge in [0.25, 0.3) is 0 Å². The third-order valence-corrected chi connectivity index (χ3v) is 2.18. The Bertz CT molecular complexity index is 302. The second-order valence-electron chi connectivity index (χ2n) is 3.60. The molecule has 0 aromatic heterocycles. The van der Waals surface area contributed by atoms with E-state index in [1.165, 1.54) is 11.1 Å². The zero-order chi connectivity index (χ0) is 9.68. The summed E-state index contributed by atoms with van der Waals surface area (Å²) in [5.74, 6) is 3.27. The first-order valence-electron chi connectivity index (χ1n) is 4.76. The number of hydrogen-bond donors (Lipinski definition) is 0. The molecule has 0 saturated heterocycles. The molecule has 0 bridgehead atoms. The molecular weight excluding hydrogens is 156 g/mol. The third-order valence-electron chi connectivity index (χ3n) is 2.18. The monoisotopic (exact) mass is 172 g/mol.